The average Bonchev–Trinajstić information content (AvgIpc) is 3.39. The minimum atomic E-state index is -2.95. The average molecular weight is 420 g/mol. The molecule has 4 unspecified atom stereocenters. The summed E-state index contributed by atoms with van der Waals surface area (Å²) >= 11 is 0. The molecule has 7 nitrogen and oxygen atoms in total. The van der Waals surface area contributed by atoms with Crippen LogP contribution in [0.4, 0.5) is 8.78 Å². The van der Waals surface area contributed by atoms with Gasteiger partial charge in [0.25, 0.3) is 0 Å². The molecule has 0 spiro atoms. The fourth-order valence-electron chi connectivity index (χ4n) is 4.73. The topological polar surface area (TPSA) is 84.9 Å². The molecular formula is C21H22F2N2O5. The van der Waals surface area contributed by atoms with Gasteiger partial charge in [0.1, 0.15) is 6.54 Å². The van der Waals surface area contributed by atoms with E-state index in [4.69, 9.17) is 4.74 Å². The van der Waals surface area contributed by atoms with Gasteiger partial charge in [0.2, 0.25) is 17.7 Å². The van der Waals surface area contributed by atoms with Crippen LogP contribution < -0.4 is 14.8 Å². The number of carbonyl (C=O) groups is 3. The highest BCUT2D eigenvalue weighted by atomic mass is 19.3. The number of halogens is 2. The normalized spacial score (nSPS) is 26.5. The lowest BCUT2D eigenvalue weighted by Gasteiger charge is -2.17. The minimum Gasteiger partial charge on any atom is -0.493 e. The van der Waals surface area contributed by atoms with Gasteiger partial charge in [0, 0.05) is 6.54 Å². The fraction of sp³-hybridized carbons (Fsp3) is 0.476. The quantitative estimate of drug-likeness (QED) is 0.512. The SMILES string of the molecule is COc1cc(CCNC(=O)CN2C(=O)C3C4C=CC(C4)C3C2=O)ccc1OC(F)F. The van der Waals surface area contributed by atoms with Crippen molar-refractivity contribution in [2.75, 3.05) is 20.2 Å². The molecule has 1 saturated carbocycles. The highest BCUT2D eigenvalue weighted by Gasteiger charge is 2.59. The van der Waals surface area contributed by atoms with Crippen LogP contribution in [-0.4, -0.2) is 49.4 Å². The van der Waals surface area contributed by atoms with Crippen molar-refractivity contribution in [3.8, 4) is 11.5 Å². The Kier molecular flexibility index (Phi) is 5.44. The van der Waals surface area contributed by atoms with Crippen LogP contribution >= 0.6 is 0 Å². The van der Waals surface area contributed by atoms with Gasteiger partial charge in [-0.3, -0.25) is 19.3 Å². The lowest BCUT2D eigenvalue weighted by Crippen LogP contribution is -2.42. The Labute approximate surface area is 172 Å². The van der Waals surface area contributed by atoms with Crippen molar-refractivity contribution in [3.05, 3.63) is 35.9 Å². The van der Waals surface area contributed by atoms with Crippen molar-refractivity contribution in [3.63, 3.8) is 0 Å². The zero-order valence-electron chi connectivity index (χ0n) is 16.3. The third-order valence-corrected chi connectivity index (χ3v) is 6.04. The Morgan fingerprint density at radius 3 is 2.43 bits per heavy atom. The van der Waals surface area contributed by atoms with Crippen LogP contribution in [0.3, 0.4) is 0 Å². The van der Waals surface area contributed by atoms with E-state index in [0.717, 1.165) is 16.9 Å². The third-order valence-electron chi connectivity index (χ3n) is 6.04. The molecule has 30 heavy (non-hydrogen) atoms. The van der Waals surface area contributed by atoms with E-state index in [1.54, 1.807) is 12.1 Å². The lowest BCUT2D eigenvalue weighted by molar-refractivity contribution is -0.144. The van der Waals surface area contributed by atoms with E-state index >= 15 is 0 Å². The predicted molar refractivity (Wildman–Crippen MR) is 101 cm³/mol. The molecule has 0 radical (unpaired) electrons. The zero-order chi connectivity index (χ0) is 21.4. The fourth-order valence-corrected chi connectivity index (χ4v) is 4.73. The lowest BCUT2D eigenvalue weighted by atomic mass is 9.85. The number of hydrogen-bond acceptors (Lipinski definition) is 5. The van der Waals surface area contributed by atoms with E-state index in [-0.39, 0.29) is 60.1 Å². The highest BCUT2D eigenvalue weighted by molar-refractivity contribution is 6.08. The van der Waals surface area contributed by atoms with Gasteiger partial charge in [-0.2, -0.15) is 8.78 Å². The Morgan fingerprint density at radius 1 is 1.17 bits per heavy atom. The van der Waals surface area contributed by atoms with Gasteiger partial charge in [-0.25, -0.2) is 0 Å². The number of amides is 3. The molecule has 0 aromatic heterocycles. The summed E-state index contributed by atoms with van der Waals surface area (Å²) in [6.07, 6.45) is 5.27. The second kappa shape index (κ2) is 8.04. The number of imide groups is 1. The second-order valence-corrected chi connectivity index (χ2v) is 7.73. The standard InChI is InChI=1S/C21H22F2N2O5/c1-29-15-8-11(2-5-14(15)30-21(22)23)6-7-24-16(26)10-25-19(27)17-12-3-4-13(9-12)18(17)20(25)28/h2-5,8,12-13,17-18,21H,6-7,9-10H2,1H3,(H,24,26). The van der Waals surface area contributed by atoms with Gasteiger partial charge in [-0.15, -0.1) is 0 Å². The molecule has 1 aromatic carbocycles. The van der Waals surface area contributed by atoms with E-state index in [0.29, 0.717) is 6.42 Å². The number of nitrogens with zero attached hydrogens (tertiary/aromatic N) is 1. The molecule has 1 aliphatic heterocycles. The van der Waals surface area contributed by atoms with E-state index in [9.17, 15) is 23.2 Å². The summed E-state index contributed by atoms with van der Waals surface area (Å²) in [5, 5.41) is 2.69. The van der Waals surface area contributed by atoms with E-state index in [1.165, 1.54) is 13.2 Å². The van der Waals surface area contributed by atoms with Gasteiger partial charge in [-0.05, 0) is 42.4 Å². The number of fused-ring (bicyclic) bond motifs is 5. The highest BCUT2D eigenvalue weighted by Crippen LogP contribution is 2.52. The molecule has 2 aliphatic carbocycles. The number of allylic oxidation sites excluding steroid dienone is 2. The zero-order valence-corrected chi connectivity index (χ0v) is 16.3. The molecule has 4 atom stereocenters. The maximum absolute atomic E-state index is 12.6. The van der Waals surface area contributed by atoms with E-state index < -0.39 is 12.5 Å². The molecule has 3 aliphatic rings. The number of ether oxygens (including phenoxy) is 2. The van der Waals surface area contributed by atoms with Gasteiger partial charge in [0.15, 0.2) is 11.5 Å². The number of alkyl halides is 2. The molecule has 9 heteroatoms. The number of methoxy groups -OCH3 is 1. The molecule has 4 rings (SSSR count). The van der Waals surface area contributed by atoms with Crippen molar-refractivity contribution in [2.24, 2.45) is 23.7 Å². The van der Waals surface area contributed by atoms with E-state index in [1.807, 2.05) is 12.2 Å². The summed E-state index contributed by atoms with van der Waals surface area (Å²) in [4.78, 5) is 38.6. The smallest absolute Gasteiger partial charge is 0.387 e. The molecule has 1 N–H and O–H groups in total. The van der Waals surface area contributed by atoms with Crippen LogP contribution in [0.1, 0.15) is 12.0 Å². The predicted octanol–water partition coefficient (Wildman–Crippen LogP) is 1.76. The van der Waals surface area contributed by atoms with Crippen LogP contribution in [0, 0.1) is 23.7 Å². The van der Waals surface area contributed by atoms with Crippen LogP contribution in [0.2, 0.25) is 0 Å². The Bertz CT molecular complexity index is 873. The van der Waals surface area contributed by atoms with E-state index in [2.05, 4.69) is 10.1 Å². The van der Waals surface area contributed by atoms with Crippen molar-refractivity contribution in [1.29, 1.82) is 0 Å². The van der Waals surface area contributed by atoms with Gasteiger partial charge >= 0.3 is 6.61 Å². The number of nitrogens with one attached hydrogen (secondary N) is 1. The first kappa shape index (κ1) is 20.3. The Morgan fingerprint density at radius 2 is 1.83 bits per heavy atom. The molecule has 1 aromatic rings. The number of likely N-dealkylation sites (tertiary alicyclic amines) is 1. The number of carbonyl (C=O) groups excluding carboxylic acids is 3. The van der Waals surface area contributed by atoms with Crippen molar-refractivity contribution in [1.82, 2.24) is 10.2 Å². The number of benzene rings is 1. The van der Waals surface area contributed by atoms with Gasteiger partial charge < -0.3 is 14.8 Å². The Hall–Kier alpha value is -2.97. The van der Waals surface area contributed by atoms with Crippen LogP contribution in [0.5, 0.6) is 11.5 Å². The molecular weight excluding hydrogens is 398 g/mol. The molecule has 160 valence electrons. The Balaban J connectivity index is 1.29. The number of hydrogen-bond donors (Lipinski definition) is 1. The summed E-state index contributed by atoms with van der Waals surface area (Å²) in [7, 11) is 1.35. The maximum Gasteiger partial charge on any atom is 0.387 e. The maximum atomic E-state index is 12.6. The third kappa shape index (κ3) is 3.64. The first-order valence-electron chi connectivity index (χ1n) is 9.81. The van der Waals surface area contributed by atoms with Crippen LogP contribution in [0.25, 0.3) is 0 Å². The summed E-state index contributed by atoms with van der Waals surface area (Å²) in [6, 6.07) is 4.54. The number of rotatable bonds is 8. The summed E-state index contributed by atoms with van der Waals surface area (Å²) in [5.74, 6) is -1.24. The first-order valence-corrected chi connectivity index (χ1v) is 9.81. The largest absolute Gasteiger partial charge is 0.493 e. The second-order valence-electron chi connectivity index (χ2n) is 7.73. The summed E-state index contributed by atoms with van der Waals surface area (Å²) in [6.45, 7) is -2.98. The van der Waals surface area contributed by atoms with Crippen molar-refractivity contribution < 1.29 is 32.6 Å². The van der Waals surface area contributed by atoms with Crippen LogP contribution in [0.15, 0.2) is 30.4 Å². The molecule has 2 bridgehead atoms. The molecule has 2 fully saturated rings. The summed E-state index contributed by atoms with van der Waals surface area (Å²) < 4.78 is 34.2. The van der Waals surface area contributed by atoms with Crippen molar-refractivity contribution >= 4 is 17.7 Å². The van der Waals surface area contributed by atoms with Crippen molar-refractivity contribution in [2.45, 2.75) is 19.5 Å². The first-order chi connectivity index (χ1) is 14.4. The summed E-state index contributed by atoms with van der Waals surface area (Å²) in [5.41, 5.74) is 0.749. The minimum absolute atomic E-state index is 0.0691. The van der Waals surface area contributed by atoms with Gasteiger partial charge in [0.05, 0.1) is 18.9 Å². The van der Waals surface area contributed by atoms with Gasteiger partial charge in [-0.1, -0.05) is 18.2 Å². The molecule has 3 amide bonds. The molecule has 1 heterocycles. The molecule has 1 saturated heterocycles. The monoisotopic (exact) mass is 420 g/mol. The van der Waals surface area contributed by atoms with Crippen LogP contribution in [-0.2, 0) is 20.8 Å².